The van der Waals surface area contributed by atoms with E-state index in [1.807, 2.05) is 101 Å². The molecule has 2 aliphatic rings. The molecule has 2 saturated carbocycles. The van der Waals surface area contributed by atoms with Gasteiger partial charge < -0.3 is 18.9 Å². The van der Waals surface area contributed by atoms with Crippen molar-refractivity contribution in [2.45, 2.75) is 39.9 Å². The summed E-state index contributed by atoms with van der Waals surface area (Å²) in [6, 6.07) is 36.8. The van der Waals surface area contributed by atoms with E-state index in [4.69, 9.17) is 42.1 Å². The summed E-state index contributed by atoms with van der Waals surface area (Å²) in [7, 11) is 0. The van der Waals surface area contributed by atoms with Crippen molar-refractivity contribution in [2.75, 3.05) is 0 Å². The average molecular weight is 922 g/mol. The molecular formula is C44H38Br2Cl2N2O6. The first-order chi connectivity index (χ1) is 26.6. The van der Waals surface area contributed by atoms with Gasteiger partial charge in [-0.05, 0) is 109 Å². The van der Waals surface area contributed by atoms with E-state index >= 15 is 0 Å². The molecule has 0 aliphatic heterocycles. The minimum atomic E-state index is -1.03. The molecule has 8 nitrogen and oxygen atoms in total. The predicted octanol–water partition coefficient (Wildman–Crippen LogP) is 12.7. The molecule has 56 heavy (non-hydrogen) atoms. The van der Waals surface area contributed by atoms with Crippen LogP contribution < -0.4 is 9.47 Å². The van der Waals surface area contributed by atoms with Crippen molar-refractivity contribution in [2.24, 2.45) is 34.5 Å². The molecule has 288 valence electrons. The molecule has 4 aromatic rings. The molecule has 12 heteroatoms. The fourth-order valence-electron chi connectivity index (χ4n) is 6.60. The van der Waals surface area contributed by atoms with Gasteiger partial charge >= 0.3 is 11.9 Å². The normalized spacial score (nSPS) is 20.4. The van der Waals surface area contributed by atoms with Crippen LogP contribution in [0.25, 0.3) is 0 Å². The summed E-state index contributed by atoms with van der Waals surface area (Å²) in [4.78, 5) is 25.3. The van der Waals surface area contributed by atoms with Crippen LogP contribution in [0.4, 0.5) is 0 Å². The van der Waals surface area contributed by atoms with Crippen LogP contribution in [-0.2, 0) is 19.1 Å². The van der Waals surface area contributed by atoms with E-state index in [0.717, 1.165) is 3.39 Å². The van der Waals surface area contributed by atoms with Crippen LogP contribution in [0.2, 0.25) is 0 Å². The van der Waals surface area contributed by atoms with Crippen molar-refractivity contribution >= 4 is 67.0 Å². The van der Waals surface area contributed by atoms with Gasteiger partial charge in [-0.1, -0.05) is 118 Å². The molecule has 6 rings (SSSR count). The number of nitrogens with zero attached hydrogens (tertiary/aromatic N) is 2. The molecule has 0 amide bonds. The number of rotatable bonds is 12. The molecule has 0 saturated heterocycles. The summed E-state index contributed by atoms with van der Waals surface area (Å²) in [5.41, 5.74) is 0.605. The number of halogens is 4. The van der Waals surface area contributed by atoms with Gasteiger partial charge in [0.1, 0.15) is 39.6 Å². The summed E-state index contributed by atoms with van der Waals surface area (Å²) < 4.78 is 23.6. The molecule has 6 atom stereocenters. The van der Waals surface area contributed by atoms with E-state index in [0.29, 0.717) is 34.1 Å². The Bertz CT molecular complexity index is 2020. The topological polar surface area (TPSA) is 119 Å². The second-order valence-corrected chi connectivity index (χ2v) is 18.2. The third kappa shape index (κ3) is 10.8. The standard InChI is InChI=1S/C22H19Br2NO3.C22H19Cl2NO3/c2*1-22(2)17(12-19(23)24)20(22)21(26)28-18(13-25)14-7-6-10-16(11-14)27-15-8-4-3-5-9-15/h2*3-12,17-18,20H,1-2H3/t17-,18+,20-;/m0./s1. The number of hydrogen-bond donors (Lipinski definition) is 0. The van der Waals surface area contributed by atoms with Gasteiger partial charge in [-0.25, -0.2) is 0 Å². The zero-order valence-electron chi connectivity index (χ0n) is 30.9. The minimum Gasteiger partial charge on any atom is -0.457 e. The second-order valence-electron chi connectivity index (χ2n) is 14.4. The highest BCUT2D eigenvalue weighted by Gasteiger charge is 2.62. The van der Waals surface area contributed by atoms with Crippen LogP contribution in [0.5, 0.6) is 23.0 Å². The lowest BCUT2D eigenvalue weighted by Gasteiger charge is -2.13. The Morgan fingerprint density at radius 3 is 1.36 bits per heavy atom. The highest BCUT2D eigenvalue weighted by molar-refractivity contribution is 9.28. The van der Waals surface area contributed by atoms with E-state index in [-0.39, 0.29) is 45.0 Å². The first-order valence-corrected chi connectivity index (χ1v) is 19.9. The molecule has 0 heterocycles. The predicted molar refractivity (Wildman–Crippen MR) is 222 cm³/mol. The van der Waals surface area contributed by atoms with Gasteiger partial charge in [0.15, 0.2) is 0 Å². The summed E-state index contributed by atoms with van der Waals surface area (Å²) in [6.07, 6.45) is 1.58. The number of esters is 2. The first-order valence-electron chi connectivity index (χ1n) is 17.6. The van der Waals surface area contributed by atoms with Gasteiger partial charge in [0.25, 0.3) is 0 Å². The number of hydrogen-bond acceptors (Lipinski definition) is 8. The van der Waals surface area contributed by atoms with Crippen molar-refractivity contribution in [3.05, 3.63) is 140 Å². The fourth-order valence-corrected chi connectivity index (χ4v) is 7.44. The highest BCUT2D eigenvalue weighted by atomic mass is 79.9. The van der Waals surface area contributed by atoms with Crippen LogP contribution in [-0.4, -0.2) is 11.9 Å². The zero-order chi connectivity index (χ0) is 40.6. The summed E-state index contributed by atoms with van der Waals surface area (Å²) in [5, 5.41) is 19.1. The summed E-state index contributed by atoms with van der Waals surface area (Å²) >= 11 is 18.1. The van der Waals surface area contributed by atoms with Crippen LogP contribution in [0.15, 0.2) is 129 Å². The number of carbonyl (C=O) groups is 2. The van der Waals surface area contributed by atoms with Crippen LogP contribution in [0, 0.1) is 57.2 Å². The maximum atomic E-state index is 12.7. The van der Waals surface area contributed by atoms with E-state index in [9.17, 15) is 20.1 Å². The number of ether oxygens (including phenoxy) is 4. The monoisotopic (exact) mass is 918 g/mol. The number of allylic oxidation sites excluding steroid dienone is 2. The Morgan fingerprint density at radius 2 is 1.00 bits per heavy atom. The van der Waals surface area contributed by atoms with Gasteiger partial charge in [-0.2, -0.15) is 10.5 Å². The van der Waals surface area contributed by atoms with Crippen LogP contribution >= 0.6 is 55.1 Å². The Morgan fingerprint density at radius 1 is 0.625 bits per heavy atom. The number of benzene rings is 4. The quantitative estimate of drug-likeness (QED) is 0.129. The lowest BCUT2D eigenvalue weighted by atomic mass is 10.1. The maximum absolute atomic E-state index is 12.7. The molecule has 4 aromatic carbocycles. The Kier molecular flexibility index (Phi) is 14.1. The van der Waals surface area contributed by atoms with Gasteiger partial charge in [-0.3, -0.25) is 9.59 Å². The number of carbonyl (C=O) groups excluding carboxylic acids is 2. The first kappa shape index (κ1) is 42.6. The third-order valence-corrected chi connectivity index (χ3v) is 10.7. The molecular weight excluding hydrogens is 883 g/mol. The van der Waals surface area contributed by atoms with Crippen molar-refractivity contribution in [3.8, 4) is 35.1 Å². The smallest absolute Gasteiger partial charge is 0.311 e. The van der Waals surface area contributed by atoms with E-state index in [2.05, 4.69) is 37.9 Å². The molecule has 3 unspecified atom stereocenters. The van der Waals surface area contributed by atoms with Gasteiger partial charge in [-0.15, -0.1) is 0 Å². The van der Waals surface area contributed by atoms with Gasteiger partial charge in [0.2, 0.25) is 12.2 Å². The molecule has 0 aromatic heterocycles. The maximum Gasteiger partial charge on any atom is 0.311 e. The lowest BCUT2D eigenvalue weighted by Crippen LogP contribution is -2.14. The number of nitriles is 2. The molecule has 0 radical (unpaired) electrons. The minimum absolute atomic E-state index is 0.0563. The van der Waals surface area contributed by atoms with E-state index in [1.165, 1.54) is 0 Å². The fraction of sp³-hybridized carbons (Fsp3) is 0.273. The third-order valence-electron chi connectivity index (χ3n) is 9.92. The summed E-state index contributed by atoms with van der Waals surface area (Å²) in [6.45, 7) is 7.90. The van der Waals surface area contributed by atoms with Crippen molar-refractivity contribution in [3.63, 3.8) is 0 Å². The van der Waals surface area contributed by atoms with Gasteiger partial charge in [0.05, 0.1) is 15.2 Å². The Balaban J connectivity index is 0.000000214. The average Bonchev–Trinajstić information content (AvgIpc) is 3.93. The zero-order valence-corrected chi connectivity index (χ0v) is 35.6. The Hall–Kier alpha value is -4.58. The van der Waals surface area contributed by atoms with E-state index < -0.39 is 18.2 Å². The SMILES string of the molecule is CC1(C)C(C=C(Cl)Cl)C1C(=O)OC(C#N)c1cccc(Oc2ccccc2)c1.CC1(C)[C@H](C(=O)O[C@H](C#N)c2cccc(Oc3ccccc3)c2)[C@@H]1C=C(Br)Br. The van der Waals surface area contributed by atoms with Crippen molar-refractivity contribution in [1.82, 2.24) is 0 Å². The van der Waals surface area contributed by atoms with E-state index in [1.54, 1.807) is 54.6 Å². The largest absolute Gasteiger partial charge is 0.457 e. The van der Waals surface area contributed by atoms with Crippen LogP contribution in [0.3, 0.4) is 0 Å². The highest BCUT2D eigenvalue weighted by Crippen LogP contribution is 2.61. The molecule has 2 fully saturated rings. The second kappa shape index (κ2) is 18.6. The molecule has 0 N–H and O–H groups in total. The molecule has 0 spiro atoms. The lowest BCUT2D eigenvalue weighted by molar-refractivity contribution is -0.150. The molecule has 0 bridgehead atoms. The Labute approximate surface area is 353 Å². The van der Waals surface area contributed by atoms with Crippen molar-refractivity contribution < 1.29 is 28.5 Å². The van der Waals surface area contributed by atoms with Gasteiger partial charge in [0, 0.05) is 11.1 Å². The van der Waals surface area contributed by atoms with Crippen molar-refractivity contribution in [1.29, 1.82) is 10.5 Å². The molecule has 2 aliphatic carbocycles. The number of para-hydroxylation sites is 2. The van der Waals surface area contributed by atoms with Crippen LogP contribution in [0.1, 0.15) is 51.0 Å². The summed E-state index contributed by atoms with van der Waals surface area (Å²) in [5.74, 6) is 0.972.